The van der Waals surface area contributed by atoms with E-state index in [9.17, 15) is 9.90 Å². The van der Waals surface area contributed by atoms with Gasteiger partial charge in [0.15, 0.2) is 0 Å². The van der Waals surface area contributed by atoms with Crippen molar-refractivity contribution in [1.29, 1.82) is 0 Å². The van der Waals surface area contributed by atoms with Gasteiger partial charge in [0.2, 0.25) is 5.91 Å². The lowest BCUT2D eigenvalue weighted by atomic mass is 9.68. The molecule has 0 aromatic heterocycles. The van der Waals surface area contributed by atoms with Crippen LogP contribution in [0.3, 0.4) is 0 Å². The molecule has 1 aromatic rings. The SMILES string of the molecule is CN(C)C(=O)C(c1ccc(Br)cc1)C1(O)CCC1. The molecule has 1 aliphatic rings. The molecule has 0 bridgehead atoms. The van der Waals surface area contributed by atoms with Crippen LogP contribution >= 0.6 is 15.9 Å². The van der Waals surface area contributed by atoms with Gasteiger partial charge in [-0.25, -0.2) is 0 Å². The van der Waals surface area contributed by atoms with Crippen LogP contribution in [0.5, 0.6) is 0 Å². The Morgan fingerprint density at radius 2 is 1.89 bits per heavy atom. The second-order valence-electron chi connectivity index (χ2n) is 5.17. The molecule has 1 atom stereocenters. The Bertz CT molecular complexity index is 438. The fourth-order valence-corrected chi connectivity index (χ4v) is 2.69. The van der Waals surface area contributed by atoms with Crippen LogP contribution in [0.4, 0.5) is 0 Å². The van der Waals surface area contributed by atoms with E-state index in [-0.39, 0.29) is 5.91 Å². The third-order valence-corrected chi connectivity index (χ3v) is 4.18. The summed E-state index contributed by atoms with van der Waals surface area (Å²) in [4.78, 5) is 13.9. The first-order valence-electron chi connectivity index (χ1n) is 6.13. The number of carbonyl (C=O) groups excluding carboxylic acids is 1. The molecule has 1 saturated carbocycles. The monoisotopic (exact) mass is 311 g/mol. The summed E-state index contributed by atoms with van der Waals surface area (Å²) in [5.41, 5.74) is 0.0222. The first-order chi connectivity index (χ1) is 8.44. The van der Waals surface area contributed by atoms with Crippen molar-refractivity contribution < 1.29 is 9.90 Å². The zero-order valence-electron chi connectivity index (χ0n) is 10.7. The molecule has 0 radical (unpaired) electrons. The van der Waals surface area contributed by atoms with Crippen LogP contribution in [0.15, 0.2) is 28.7 Å². The number of carbonyl (C=O) groups is 1. The molecule has 4 heteroatoms. The molecule has 0 saturated heterocycles. The predicted octanol–water partition coefficient (Wildman–Crippen LogP) is 2.54. The lowest BCUT2D eigenvalue weighted by Crippen LogP contribution is -2.49. The first kappa shape index (κ1) is 13.6. The molecule has 1 unspecified atom stereocenters. The predicted molar refractivity (Wildman–Crippen MR) is 74.4 cm³/mol. The summed E-state index contributed by atoms with van der Waals surface area (Å²) >= 11 is 3.38. The maximum absolute atomic E-state index is 12.3. The molecule has 0 aliphatic heterocycles. The van der Waals surface area contributed by atoms with Gasteiger partial charge in [-0.2, -0.15) is 0 Å². The summed E-state index contributed by atoms with van der Waals surface area (Å²) in [7, 11) is 3.46. The van der Waals surface area contributed by atoms with Gasteiger partial charge in [0.1, 0.15) is 0 Å². The maximum atomic E-state index is 12.3. The Kier molecular flexibility index (Phi) is 3.78. The number of hydrogen-bond donors (Lipinski definition) is 1. The van der Waals surface area contributed by atoms with Crippen LogP contribution in [0.2, 0.25) is 0 Å². The Morgan fingerprint density at radius 1 is 1.33 bits per heavy atom. The molecule has 1 aliphatic carbocycles. The Labute approximate surface area is 116 Å². The molecule has 2 rings (SSSR count). The van der Waals surface area contributed by atoms with Crippen LogP contribution in [0.25, 0.3) is 0 Å². The minimum atomic E-state index is -0.866. The molecule has 98 valence electrons. The first-order valence-corrected chi connectivity index (χ1v) is 6.92. The van der Waals surface area contributed by atoms with Gasteiger partial charge < -0.3 is 10.0 Å². The van der Waals surface area contributed by atoms with E-state index in [0.29, 0.717) is 12.8 Å². The Morgan fingerprint density at radius 3 is 2.28 bits per heavy atom. The number of aliphatic hydroxyl groups is 1. The van der Waals surface area contributed by atoms with Crippen molar-refractivity contribution in [2.45, 2.75) is 30.8 Å². The number of amides is 1. The van der Waals surface area contributed by atoms with Gasteiger partial charge in [0.05, 0.1) is 11.5 Å². The molecule has 18 heavy (non-hydrogen) atoms. The zero-order valence-corrected chi connectivity index (χ0v) is 12.3. The van der Waals surface area contributed by atoms with Gasteiger partial charge in [0.25, 0.3) is 0 Å². The van der Waals surface area contributed by atoms with E-state index in [0.717, 1.165) is 16.5 Å². The average molecular weight is 312 g/mol. The molecular formula is C14H18BrNO2. The molecule has 1 amide bonds. The number of hydrogen-bond acceptors (Lipinski definition) is 2. The molecule has 1 fully saturated rings. The fraction of sp³-hybridized carbons (Fsp3) is 0.500. The van der Waals surface area contributed by atoms with E-state index in [1.54, 1.807) is 19.0 Å². The molecule has 0 spiro atoms. The lowest BCUT2D eigenvalue weighted by Gasteiger charge is -2.43. The van der Waals surface area contributed by atoms with Gasteiger partial charge in [0, 0.05) is 18.6 Å². The molecule has 0 heterocycles. The van der Waals surface area contributed by atoms with Gasteiger partial charge in [-0.1, -0.05) is 28.1 Å². The van der Waals surface area contributed by atoms with E-state index in [1.807, 2.05) is 24.3 Å². The van der Waals surface area contributed by atoms with Gasteiger partial charge in [-0.3, -0.25) is 4.79 Å². The highest BCUT2D eigenvalue weighted by molar-refractivity contribution is 9.10. The number of nitrogens with zero attached hydrogens (tertiary/aromatic N) is 1. The number of benzene rings is 1. The Hall–Kier alpha value is -0.870. The van der Waals surface area contributed by atoms with E-state index in [1.165, 1.54) is 0 Å². The summed E-state index contributed by atoms with van der Waals surface area (Å²) in [6.07, 6.45) is 2.39. The highest BCUT2D eigenvalue weighted by Crippen LogP contribution is 2.44. The normalized spacial score (nSPS) is 18.9. The maximum Gasteiger partial charge on any atom is 0.232 e. The molecule has 1 aromatic carbocycles. The van der Waals surface area contributed by atoms with E-state index in [2.05, 4.69) is 15.9 Å². The van der Waals surface area contributed by atoms with Crippen LogP contribution < -0.4 is 0 Å². The van der Waals surface area contributed by atoms with E-state index < -0.39 is 11.5 Å². The minimum Gasteiger partial charge on any atom is -0.389 e. The lowest BCUT2D eigenvalue weighted by molar-refractivity contribution is -0.142. The van der Waals surface area contributed by atoms with Crippen LogP contribution in [-0.4, -0.2) is 35.6 Å². The smallest absolute Gasteiger partial charge is 0.232 e. The average Bonchev–Trinajstić information content (AvgIpc) is 2.29. The van der Waals surface area contributed by atoms with Crippen molar-refractivity contribution in [1.82, 2.24) is 4.90 Å². The zero-order chi connectivity index (χ0) is 13.3. The highest BCUT2D eigenvalue weighted by Gasteiger charge is 2.47. The standard InChI is InChI=1S/C14H18BrNO2/c1-16(2)13(17)12(14(18)8-3-9-14)10-4-6-11(15)7-5-10/h4-7,12,18H,3,8-9H2,1-2H3. The summed E-state index contributed by atoms with van der Waals surface area (Å²) in [5, 5.41) is 10.6. The van der Waals surface area contributed by atoms with Crippen molar-refractivity contribution in [3.8, 4) is 0 Å². The van der Waals surface area contributed by atoms with E-state index in [4.69, 9.17) is 0 Å². The van der Waals surface area contributed by atoms with Crippen LogP contribution in [0, 0.1) is 0 Å². The van der Waals surface area contributed by atoms with Crippen molar-refractivity contribution in [3.05, 3.63) is 34.3 Å². The highest BCUT2D eigenvalue weighted by atomic mass is 79.9. The largest absolute Gasteiger partial charge is 0.389 e. The van der Waals surface area contributed by atoms with Crippen molar-refractivity contribution in [2.24, 2.45) is 0 Å². The fourth-order valence-electron chi connectivity index (χ4n) is 2.42. The second kappa shape index (κ2) is 5.02. The topological polar surface area (TPSA) is 40.5 Å². The quantitative estimate of drug-likeness (QED) is 0.932. The summed E-state index contributed by atoms with van der Waals surface area (Å²) in [6, 6.07) is 7.64. The van der Waals surface area contributed by atoms with Crippen LogP contribution in [-0.2, 0) is 4.79 Å². The Balaban J connectivity index is 2.36. The van der Waals surface area contributed by atoms with Crippen molar-refractivity contribution in [2.75, 3.05) is 14.1 Å². The van der Waals surface area contributed by atoms with E-state index >= 15 is 0 Å². The summed E-state index contributed by atoms with van der Waals surface area (Å²) in [5.74, 6) is -0.478. The van der Waals surface area contributed by atoms with Crippen molar-refractivity contribution in [3.63, 3.8) is 0 Å². The molecule has 1 N–H and O–H groups in total. The van der Waals surface area contributed by atoms with Crippen LogP contribution in [0.1, 0.15) is 30.7 Å². The summed E-state index contributed by atoms with van der Waals surface area (Å²) < 4.78 is 0.975. The third kappa shape index (κ3) is 2.45. The third-order valence-electron chi connectivity index (χ3n) is 3.65. The minimum absolute atomic E-state index is 0.0282. The van der Waals surface area contributed by atoms with Crippen molar-refractivity contribution >= 4 is 21.8 Å². The molecular weight excluding hydrogens is 294 g/mol. The van der Waals surface area contributed by atoms with Gasteiger partial charge >= 0.3 is 0 Å². The number of likely N-dealkylation sites (N-methyl/N-ethyl adjacent to an activating group) is 1. The summed E-state index contributed by atoms with van der Waals surface area (Å²) in [6.45, 7) is 0. The van der Waals surface area contributed by atoms with Gasteiger partial charge in [-0.15, -0.1) is 0 Å². The molecule has 3 nitrogen and oxygen atoms in total. The number of rotatable bonds is 3. The number of halogens is 1. The second-order valence-corrected chi connectivity index (χ2v) is 6.09. The van der Waals surface area contributed by atoms with Gasteiger partial charge in [-0.05, 0) is 37.0 Å².